The van der Waals surface area contributed by atoms with Gasteiger partial charge in [0.15, 0.2) is 5.78 Å². The average Bonchev–Trinajstić information content (AvgIpc) is 2.60. The van der Waals surface area contributed by atoms with Gasteiger partial charge in [0.05, 0.1) is 6.54 Å². The Hall–Kier alpha value is -2.46. The molecule has 0 aliphatic rings. The monoisotopic (exact) mass is 324 g/mol. The third-order valence-electron chi connectivity index (χ3n) is 4.01. The van der Waals surface area contributed by atoms with E-state index in [2.05, 4.69) is 41.8 Å². The van der Waals surface area contributed by atoms with Crippen LogP contribution in [0.15, 0.2) is 48.5 Å². The van der Waals surface area contributed by atoms with Crippen LogP contribution in [0.1, 0.15) is 48.3 Å². The van der Waals surface area contributed by atoms with Gasteiger partial charge in [-0.05, 0) is 43.5 Å². The maximum atomic E-state index is 12.1. The number of amides is 1. The van der Waals surface area contributed by atoms with Gasteiger partial charge in [0, 0.05) is 17.3 Å². The van der Waals surface area contributed by atoms with Crippen molar-refractivity contribution in [3.05, 3.63) is 65.2 Å². The second kappa shape index (κ2) is 8.41. The zero-order valence-electron chi connectivity index (χ0n) is 14.4. The first kappa shape index (κ1) is 17.9. The summed E-state index contributed by atoms with van der Waals surface area (Å²) in [5.41, 5.74) is 3.67. The molecule has 1 unspecified atom stereocenters. The number of benzene rings is 2. The zero-order valence-corrected chi connectivity index (χ0v) is 14.4. The molecule has 2 rings (SSSR count). The van der Waals surface area contributed by atoms with Gasteiger partial charge in [0.2, 0.25) is 5.91 Å². The lowest BCUT2D eigenvalue weighted by Crippen LogP contribution is -2.30. The summed E-state index contributed by atoms with van der Waals surface area (Å²) in [5, 5.41) is 6.02. The largest absolute Gasteiger partial charge is 0.325 e. The second-order valence-corrected chi connectivity index (χ2v) is 5.88. The highest BCUT2D eigenvalue weighted by atomic mass is 16.2. The van der Waals surface area contributed by atoms with E-state index in [1.165, 1.54) is 12.5 Å². The van der Waals surface area contributed by atoms with Gasteiger partial charge in [-0.15, -0.1) is 0 Å². The molecule has 0 bridgehead atoms. The fraction of sp³-hybridized carbons (Fsp3) is 0.300. The molecule has 0 saturated heterocycles. The highest BCUT2D eigenvalue weighted by Crippen LogP contribution is 2.14. The van der Waals surface area contributed by atoms with E-state index >= 15 is 0 Å². The van der Waals surface area contributed by atoms with E-state index in [9.17, 15) is 9.59 Å². The number of aryl methyl sites for hydroxylation is 1. The molecule has 0 saturated carbocycles. The summed E-state index contributed by atoms with van der Waals surface area (Å²) in [6.07, 6.45) is 1.02. The van der Waals surface area contributed by atoms with Gasteiger partial charge in [-0.2, -0.15) is 0 Å². The Balaban J connectivity index is 1.88. The molecule has 2 N–H and O–H groups in total. The number of hydrogen-bond acceptors (Lipinski definition) is 3. The van der Waals surface area contributed by atoms with Gasteiger partial charge < -0.3 is 10.6 Å². The van der Waals surface area contributed by atoms with Crippen molar-refractivity contribution in [2.24, 2.45) is 0 Å². The minimum atomic E-state index is -0.132. The second-order valence-electron chi connectivity index (χ2n) is 5.88. The molecule has 0 heterocycles. The van der Waals surface area contributed by atoms with E-state index in [1.54, 1.807) is 24.3 Å². The van der Waals surface area contributed by atoms with Gasteiger partial charge in [-0.3, -0.25) is 9.59 Å². The lowest BCUT2D eigenvalue weighted by Gasteiger charge is -2.15. The Morgan fingerprint density at radius 3 is 2.42 bits per heavy atom. The summed E-state index contributed by atoms with van der Waals surface area (Å²) in [6.45, 7) is 5.88. The topological polar surface area (TPSA) is 58.2 Å². The Morgan fingerprint density at radius 1 is 1.08 bits per heavy atom. The minimum Gasteiger partial charge on any atom is -0.325 e. The van der Waals surface area contributed by atoms with Crippen LogP contribution in [0.5, 0.6) is 0 Å². The maximum Gasteiger partial charge on any atom is 0.238 e. The van der Waals surface area contributed by atoms with Gasteiger partial charge >= 0.3 is 0 Å². The Morgan fingerprint density at radius 2 is 1.79 bits per heavy atom. The van der Waals surface area contributed by atoms with Crippen molar-refractivity contribution in [3.8, 4) is 0 Å². The van der Waals surface area contributed by atoms with Crippen LogP contribution in [-0.2, 0) is 11.2 Å². The zero-order chi connectivity index (χ0) is 17.5. The molecule has 2 aromatic rings. The molecule has 1 amide bonds. The summed E-state index contributed by atoms with van der Waals surface area (Å²) in [7, 11) is 0. The van der Waals surface area contributed by atoms with E-state index in [0.717, 1.165) is 12.0 Å². The fourth-order valence-corrected chi connectivity index (χ4v) is 2.43. The fourth-order valence-electron chi connectivity index (χ4n) is 2.43. The average molecular weight is 324 g/mol. The van der Waals surface area contributed by atoms with E-state index in [4.69, 9.17) is 0 Å². The smallest absolute Gasteiger partial charge is 0.238 e. The van der Waals surface area contributed by atoms with E-state index in [0.29, 0.717) is 11.3 Å². The summed E-state index contributed by atoms with van der Waals surface area (Å²) in [6, 6.07) is 15.4. The predicted molar refractivity (Wildman–Crippen MR) is 97.3 cm³/mol. The first-order chi connectivity index (χ1) is 11.5. The van der Waals surface area contributed by atoms with Gasteiger partial charge in [-0.1, -0.05) is 43.3 Å². The molecule has 126 valence electrons. The van der Waals surface area contributed by atoms with Crippen LogP contribution < -0.4 is 10.6 Å². The maximum absolute atomic E-state index is 12.1. The molecular weight excluding hydrogens is 300 g/mol. The van der Waals surface area contributed by atoms with Crippen LogP contribution in [-0.4, -0.2) is 18.2 Å². The molecule has 0 fully saturated rings. The van der Waals surface area contributed by atoms with Crippen molar-refractivity contribution in [3.63, 3.8) is 0 Å². The Kier molecular flexibility index (Phi) is 6.27. The van der Waals surface area contributed by atoms with E-state index in [1.807, 2.05) is 6.92 Å². The first-order valence-electron chi connectivity index (χ1n) is 8.22. The number of carbonyl (C=O) groups is 2. The number of Topliss-reactive ketones (excluding diaryl/α,β-unsaturated/α-hetero) is 1. The van der Waals surface area contributed by atoms with Crippen molar-refractivity contribution >= 4 is 17.4 Å². The highest BCUT2D eigenvalue weighted by Gasteiger charge is 2.09. The summed E-state index contributed by atoms with van der Waals surface area (Å²) in [4.78, 5) is 23.4. The number of ketones is 1. The summed E-state index contributed by atoms with van der Waals surface area (Å²) >= 11 is 0. The number of anilines is 1. The molecule has 0 spiro atoms. The number of carbonyl (C=O) groups excluding carboxylic acids is 2. The van der Waals surface area contributed by atoms with E-state index in [-0.39, 0.29) is 24.3 Å². The van der Waals surface area contributed by atoms with Crippen molar-refractivity contribution in [1.29, 1.82) is 0 Å². The summed E-state index contributed by atoms with van der Waals surface area (Å²) in [5.74, 6) is -0.152. The van der Waals surface area contributed by atoms with Crippen LogP contribution in [0.4, 0.5) is 5.69 Å². The number of hydrogen-bond donors (Lipinski definition) is 2. The Labute approximate surface area is 143 Å². The van der Waals surface area contributed by atoms with Crippen molar-refractivity contribution < 1.29 is 9.59 Å². The lowest BCUT2D eigenvalue weighted by atomic mass is 10.1. The van der Waals surface area contributed by atoms with Crippen molar-refractivity contribution in [1.82, 2.24) is 5.32 Å². The molecule has 4 heteroatoms. The van der Waals surface area contributed by atoms with Crippen LogP contribution in [0.2, 0.25) is 0 Å². The lowest BCUT2D eigenvalue weighted by molar-refractivity contribution is -0.115. The quantitative estimate of drug-likeness (QED) is 0.763. The van der Waals surface area contributed by atoms with Crippen LogP contribution in [0.3, 0.4) is 0 Å². The van der Waals surface area contributed by atoms with Crippen molar-refractivity contribution in [2.75, 3.05) is 11.9 Å². The third kappa shape index (κ3) is 5.03. The Bertz CT molecular complexity index is 708. The van der Waals surface area contributed by atoms with Crippen LogP contribution in [0, 0.1) is 0 Å². The standard InChI is InChI=1S/C20H24N2O2/c1-4-16-8-10-17(11-9-16)14(2)21-13-20(24)22-19-7-5-6-18(12-19)15(3)23/h5-12,14,21H,4,13H2,1-3H3,(H,22,24). The van der Waals surface area contributed by atoms with Crippen molar-refractivity contribution in [2.45, 2.75) is 33.2 Å². The van der Waals surface area contributed by atoms with Gasteiger partial charge in [-0.25, -0.2) is 0 Å². The molecule has 2 aromatic carbocycles. The predicted octanol–water partition coefficient (Wildman–Crippen LogP) is 3.74. The number of nitrogens with one attached hydrogen (secondary N) is 2. The van der Waals surface area contributed by atoms with Crippen LogP contribution in [0.25, 0.3) is 0 Å². The molecule has 0 aliphatic carbocycles. The molecular formula is C20H24N2O2. The molecule has 0 radical (unpaired) electrons. The third-order valence-corrected chi connectivity index (χ3v) is 4.01. The molecule has 0 aliphatic heterocycles. The van der Waals surface area contributed by atoms with Gasteiger partial charge in [0.25, 0.3) is 0 Å². The van der Waals surface area contributed by atoms with Gasteiger partial charge in [0.1, 0.15) is 0 Å². The molecule has 24 heavy (non-hydrogen) atoms. The summed E-state index contributed by atoms with van der Waals surface area (Å²) < 4.78 is 0. The SMILES string of the molecule is CCc1ccc(C(C)NCC(=O)Nc2cccc(C(C)=O)c2)cc1. The highest BCUT2D eigenvalue weighted by molar-refractivity contribution is 5.97. The normalized spacial score (nSPS) is 11.8. The van der Waals surface area contributed by atoms with E-state index < -0.39 is 0 Å². The molecule has 1 atom stereocenters. The minimum absolute atomic E-state index is 0.0200. The number of rotatable bonds is 7. The van der Waals surface area contributed by atoms with Crippen LogP contribution >= 0.6 is 0 Å². The molecule has 4 nitrogen and oxygen atoms in total. The first-order valence-corrected chi connectivity index (χ1v) is 8.22. The molecule has 0 aromatic heterocycles.